The molecule has 0 spiro atoms. The van der Waals surface area contributed by atoms with Crippen molar-refractivity contribution in [1.29, 1.82) is 0 Å². The van der Waals surface area contributed by atoms with Crippen molar-refractivity contribution in [2.24, 2.45) is 5.92 Å². The number of aliphatic hydroxyl groups excluding tert-OH is 1. The van der Waals surface area contributed by atoms with Crippen LogP contribution in [-0.4, -0.2) is 5.11 Å². The Kier molecular flexibility index (Phi) is 3.45. The first-order valence-corrected chi connectivity index (χ1v) is 6.11. The predicted octanol–water partition coefficient (Wildman–Crippen LogP) is 3.77. The van der Waals surface area contributed by atoms with Gasteiger partial charge in [0.2, 0.25) is 0 Å². The molecule has 0 unspecified atom stereocenters. The molecule has 1 heteroatoms. The number of aliphatic hydroxyl groups is 1. The lowest BCUT2D eigenvalue weighted by Crippen LogP contribution is -2.18. The molecule has 86 valence electrons. The molecular formula is C15H20O. The van der Waals surface area contributed by atoms with Gasteiger partial charge in [0.15, 0.2) is 0 Å². The highest BCUT2D eigenvalue weighted by atomic mass is 16.3. The van der Waals surface area contributed by atoms with E-state index < -0.39 is 0 Å². The standard InChI is InChI=1S/C15H20O/c1-11-7-9-13(10-8-11)15(16)14-6-4-3-5-12(14)2/h7-10,14-16H,2-6H2,1H3/t14-,15+/m0/s1. The molecule has 2 rings (SSSR count). The monoisotopic (exact) mass is 216 g/mol. The largest absolute Gasteiger partial charge is 0.388 e. The van der Waals surface area contributed by atoms with Crippen molar-refractivity contribution in [3.8, 4) is 0 Å². The van der Waals surface area contributed by atoms with Crippen molar-refractivity contribution >= 4 is 0 Å². The second kappa shape index (κ2) is 4.84. The van der Waals surface area contributed by atoms with Crippen LogP contribution in [0.3, 0.4) is 0 Å². The SMILES string of the molecule is C=C1CCCC[C@@H]1[C@H](O)c1ccc(C)cc1. The van der Waals surface area contributed by atoms with E-state index in [-0.39, 0.29) is 12.0 Å². The molecule has 0 bridgehead atoms. The number of hydrogen-bond donors (Lipinski definition) is 1. The summed E-state index contributed by atoms with van der Waals surface area (Å²) in [5.41, 5.74) is 3.48. The summed E-state index contributed by atoms with van der Waals surface area (Å²) in [6.07, 6.45) is 4.23. The molecule has 0 radical (unpaired) electrons. The maximum absolute atomic E-state index is 10.3. The van der Waals surface area contributed by atoms with Gasteiger partial charge in [-0.3, -0.25) is 0 Å². The van der Waals surface area contributed by atoms with Crippen LogP contribution in [-0.2, 0) is 0 Å². The van der Waals surface area contributed by atoms with Crippen LogP contribution in [0.1, 0.15) is 42.9 Å². The van der Waals surface area contributed by atoms with E-state index in [1.54, 1.807) is 0 Å². The van der Waals surface area contributed by atoms with Crippen LogP contribution in [0, 0.1) is 12.8 Å². The zero-order chi connectivity index (χ0) is 11.5. The number of benzene rings is 1. The van der Waals surface area contributed by atoms with Gasteiger partial charge in [-0.05, 0) is 31.7 Å². The van der Waals surface area contributed by atoms with Gasteiger partial charge in [0.1, 0.15) is 0 Å². The Morgan fingerprint density at radius 1 is 1.25 bits per heavy atom. The van der Waals surface area contributed by atoms with Gasteiger partial charge < -0.3 is 5.11 Å². The van der Waals surface area contributed by atoms with Crippen molar-refractivity contribution in [3.63, 3.8) is 0 Å². The Morgan fingerprint density at radius 2 is 1.94 bits per heavy atom. The van der Waals surface area contributed by atoms with Crippen LogP contribution in [0.5, 0.6) is 0 Å². The van der Waals surface area contributed by atoms with E-state index in [9.17, 15) is 5.11 Å². The van der Waals surface area contributed by atoms with E-state index in [2.05, 4.69) is 25.6 Å². The minimum atomic E-state index is -0.367. The highest BCUT2D eigenvalue weighted by Crippen LogP contribution is 2.37. The Morgan fingerprint density at radius 3 is 2.56 bits per heavy atom. The van der Waals surface area contributed by atoms with Gasteiger partial charge in [-0.1, -0.05) is 48.4 Å². The molecule has 0 amide bonds. The Bertz CT molecular complexity index is 364. The van der Waals surface area contributed by atoms with Crippen LogP contribution in [0.25, 0.3) is 0 Å². The van der Waals surface area contributed by atoms with Gasteiger partial charge >= 0.3 is 0 Å². The quantitative estimate of drug-likeness (QED) is 0.746. The van der Waals surface area contributed by atoms with E-state index in [4.69, 9.17) is 0 Å². The van der Waals surface area contributed by atoms with Gasteiger partial charge in [0, 0.05) is 5.92 Å². The van der Waals surface area contributed by atoms with Crippen LogP contribution in [0.15, 0.2) is 36.4 Å². The number of rotatable bonds is 2. The van der Waals surface area contributed by atoms with E-state index in [1.807, 2.05) is 12.1 Å². The lowest BCUT2D eigenvalue weighted by Gasteiger charge is -2.29. The molecule has 0 aliphatic heterocycles. The fourth-order valence-electron chi connectivity index (χ4n) is 2.48. The molecule has 1 aromatic rings. The molecule has 1 aliphatic rings. The third kappa shape index (κ3) is 2.35. The predicted molar refractivity (Wildman–Crippen MR) is 67.2 cm³/mol. The lowest BCUT2D eigenvalue weighted by atomic mass is 9.79. The van der Waals surface area contributed by atoms with Gasteiger partial charge in [0.25, 0.3) is 0 Å². The summed E-state index contributed by atoms with van der Waals surface area (Å²) in [5.74, 6) is 0.261. The average Bonchev–Trinajstić information content (AvgIpc) is 2.30. The summed E-state index contributed by atoms with van der Waals surface area (Å²) < 4.78 is 0. The van der Waals surface area contributed by atoms with Gasteiger partial charge in [-0.2, -0.15) is 0 Å². The molecule has 1 fully saturated rings. The van der Waals surface area contributed by atoms with Crippen LogP contribution in [0.4, 0.5) is 0 Å². The molecular weight excluding hydrogens is 196 g/mol. The van der Waals surface area contributed by atoms with Crippen LogP contribution < -0.4 is 0 Å². The fourth-order valence-corrected chi connectivity index (χ4v) is 2.48. The van der Waals surface area contributed by atoms with E-state index in [0.29, 0.717) is 0 Å². The smallest absolute Gasteiger partial charge is 0.0855 e. The summed E-state index contributed by atoms with van der Waals surface area (Å²) in [5, 5.41) is 10.3. The summed E-state index contributed by atoms with van der Waals surface area (Å²) in [7, 11) is 0. The highest BCUT2D eigenvalue weighted by Gasteiger charge is 2.25. The second-order valence-electron chi connectivity index (χ2n) is 4.87. The number of hydrogen-bond acceptors (Lipinski definition) is 1. The van der Waals surface area contributed by atoms with Crippen molar-refractivity contribution in [1.82, 2.24) is 0 Å². The first-order chi connectivity index (χ1) is 7.68. The number of aryl methyl sites for hydroxylation is 1. The highest BCUT2D eigenvalue weighted by molar-refractivity contribution is 5.25. The molecule has 1 saturated carbocycles. The molecule has 2 atom stereocenters. The van der Waals surface area contributed by atoms with Crippen molar-refractivity contribution < 1.29 is 5.11 Å². The third-order valence-electron chi connectivity index (χ3n) is 3.59. The summed E-state index contributed by atoms with van der Waals surface area (Å²) in [6.45, 7) is 6.16. The van der Waals surface area contributed by atoms with Gasteiger partial charge in [-0.15, -0.1) is 0 Å². The molecule has 1 aromatic carbocycles. The molecule has 1 N–H and O–H groups in total. The Labute approximate surface area is 97.8 Å². The second-order valence-corrected chi connectivity index (χ2v) is 4.87. The zero-order valence-electron chi connectivity index (χ0n) is 9.95. The molecule has 0 aromatic heterocycles. The van der Waals surface area contributed by atoms with Crippen LogP contribution in [0.2, 0.25) is 0 Å². The minimum Gasteiger partial charge on any atom is -0.388 e. The van der Waals surface area contributed by atoms with E-state index in [0.717, 1.165) is 18.4 Å². The molecule has 0 heterocycles. The Hall–Kier alpha value is -1.08. The molecule has 1 nitrogen and oxygen atoms in total. The molecule has 0 saturated heterocycles. The Balaban J connectivity index is 2.14. The van der Waals surface area contributed by atoms with Gasteiger partial charge in [-0.25, -0.2) is 0 Å². The zero-order valence-corrected chi connectivity index (χ0v) is 9.95. The minimum absolute atomic E-state index is 0.261. The summed E-state index contributed by atoms with van der Waals surface area (Å²) >= 11 is 0. The van der Waals surface area contributed by atoms with E-state index >= 15 is 0 Å². The summed E-state index contributed by atoms with van der Waals surface area (Å²) in [4.78, 5) is 0. The normalized spacial score (nSPS) is 23.1. The maximum atomic E-state index is 10.3. The lowest BCUT2D eigenvalue weighted by molar-refractivity contribution is 0.112. The summed E-state index contributed by atoms with van der Waals surface area (Å²) in [6, 6.07) is 8.18. The molecule has 16 heavy (non-hydrogen) atoms. The van der Waals surface area contributed by atoms with Crippen LogP contribution >= 0.6 is 0 Å². The first-order valence-electron chi connectivity index (χ1n) is 6.11. The topological polar surface area (TPSA) is 20.2 Å². The fraction of sp³-hybridized carbons (Fsp3) is 0.467. The van der Waals surface area contributed by atoms with E-state index in [1.165, 1.54) is 24.0 Å². The maximum Gasteiger partial charge on any atom is 0.0855 e. The third-order valence-corrected chi connectivity index (χ3v) is 3.59. The van der Waals surface area contributed by atoms with Gasteiger partial charge in [0.05, 0.1) is 6.10 Å². The average molecular weight is 216 g/mol. The van der Waals surface area contributed by atoms with Crippen molar-refractivity contribution in [3.05, 3.63) is 47.5 Å². The first kappa shape index (κ1) is 11.4. The molecule has 1 aliphatic carbocycles. The van der Waals surface area contributed by atoms with Crippen molar-refractivity contribution in [2.45, 2.75) is 38.7 Å². The van der Waals surface area contributed by atoms with Crippen molar-refractivity contribution in [2.75, 3.05) is 0 Å².